The minimum absolute atomic E-state index is 0.0865. The van der Waals surface area contributed by atoms with E-state index in [4.69, 9.17) is 0 Å². The molecular weight excluding hydrogens is 458 g/mol. The highest BCUT2D eigenvalue weighted by atomic mass is 19.4. The van der Waals surface area contributed by atoms with Crippen molar-refractivity contribution in [2.45, 2.75) is 12.6 Å². The van der Waals surface area contributed by atoms with Crippen LogP contribution in [0.25, 0.3) is 44.7 Å². The molecule has 0 N–H and O–H groups in total. The van der Waals surface area contributed by atoms with E-state index in [9.17, 15) is 22.4 Å². The summed E-state index contributed by atoms with van der Waals surface area (Å²) in [4.78, 5) is 21.9. The Morgan fingerprint density at radius 1 is 0.886 bits per heavy atom. The molecule has 1 aliphatic carbocycles. The van der Waals surface area contributed by atoms with Crippen molar-refractivity contribution in [1.82, 2.24) is 14.5 Å². The van der Waals surface area contributed by atoms with E-state index in [2.05, 4.69) is 9.97 Å². The third-order valence-electron chi connectivity index (χ3n) is 6.18. The largest absolute Gasteiger partial charge is 0.419 e. The maximum Gasteiger partial charge on any atom is 0.419 e. The molecule has 0 radical (unpaired) electrons. The van der Waals surface area contributed by atoms with Crippen LogP contribution in [0, 0.1) is 5.82 Å². The molecule has 3 aromatic heterocycles. The molecule has 0 aliphatic heterocycles. The van der Waals surface area contributed by atoms with Crippen LogP contribution < -0.4 is 5.56 Å². The van der Waals surface area contributed by atoms with Gasteiger partial charge in [-0.3, -0.25) is 19.3 Å². The molecule has 0 saturated carbocycles. The standard InChI is InChI=1S/C27H15F4N3O/c28-22-7-6-19(12-21(22)27(29,30)31)34-25(35)9-5-17-13-33-24-8-4-15(11-20(24)26(17)34)18-10-16-2-1-3-23(16)32-14-18/h1-2,4-14H,3H2. The van der Waals surface area contributed by atoms with E-state index >= 15 is 0 Å². The Kier molecular flexibility index (Phi) is 4.60. The summed E-state index contributed by atoms with van der Waals surface area (Å²) in [5, 5.41) is 1.13. The van der Waals surface area contributed by atoms with Crippen LogP contribution in [0.3, 0.4) is 0 Å². The zero-order valence-corrected chi connectivity index (χ0v) is 18.0. The number of alkyl halides is 3. The minimum Gasteiger partial charge on any atom is -0.276 e. The Balaban J connectivity index is 1.64. The van der Waals surface area contributed by atoms with Gasteiger partial charge in [0.25, 0.3) is 5.56 Å². The summed E-state index contributed by atoms with van der Waals surface area (Å²) < 4.78 is 55.3. The lowest BCUT2D eigenvalue weighted by molar-refractivity contribution is -0.140. The summed E-state index contributed by atoms with van der Waals surface area (Å²) in [6.07, 6.45) is 3.26. The molecule has 3 heterocycles. The van der Waals surface area contributed by atoms with Gasteiger partial charge in [0.1, 0.15) is 5.82 Å². The van der Waals surface area contributed by atoms with Gasteiger partial charge in [0.15, 0.2) is 0 Å². The van der Waals surface area contributed by atoms with Crippen LogP contribution in [-0.4, -0.2) is 14.5 Å². The van der Waals surface area contributed by atoms with E-state index < -0.39 is 23.1 Å². The number of hydrogen-bond donors (Lipinski definition) is 0. The van der Waals surface area contributed by atoms with Crippen LogP contribution >= 0.6 is 0 Å². The van der Waals surface area contributed by atoms with Crippen molar-refractivity contribution in [3.63, 3.8) is 0 Å². The average Bonchev–Trinajstić information content (AvgIpc) is 3.31. The van der Waals surface area contributed by atoms with Crippen molar-refractivity contribution < 1.29 is 17.6 Å². The maximum absolute atomic E-state index is 14.0. The van der Waals surface area contributed by atoms with Crippen molar-refractivity contribution in [2.75, 3.05) is 0 Å². The quantitative estimate of drug-likeness (QED) is 0.222. The Bertz CT molecular complexity index is 1750. The highest BCUT2D eigenvalue weighted by Gasteiger charge is 2.34. The summed E-state index contributed by atoms with van der Waals surface area (Å²) >= 11 is 0. The van der Waals surface area contributed by atoms with Crippen LogP contribution in [0.4, 0.5) is 17.6 Å². The van der Waals surface area contributed by atoms with Crippen LogP contribution in [0.15, 0.2) is 77.9 Å². The van der Waals surface area contributed by atoms with Gasteiger partial charge in [0, 0.05) is 41.2 Å². The second-order valence-corrected chi connectivity index (χ2v) is 8.33. The summed E-state index contributed by atoms with van der Waals surface area (Å²) in [6, 6.07) is 12.9. The second kappa shape index (κ2) is 7.59. The molecule has 0 saturated heterocycles. The van der Waals surface area contributed by atoms with Crippen LogP contribution in [0.5, 0.6) is 0 Å². The number of allylic oxidation sites excluding steroid dienone is 1. The van der Waals surface area contributed by atoms with Gasteiger partial charge >= 0.3 is 6.18 Å². The lowest BCUT2D eigenvalue weighted by Gasteiger charge is -2.15. The molecule has 0 atom stereocenters. The summed E-state index contributed by atoms with van der Waals surface area (Å²) in [7, 11) is 0. The van der Waals surface area contributed by atoms with Crippen molar-refractivity contribution in [1.29, 1.82) is 0 Å². The van der Waals surface area contributed by atoms with E-state index in [-0.39, 0.29) is 5.69 Å². The fourth-order valence-corrected chi connectivity index (χ4v) is 4.50. The lowest BCUT2D eigenvalue weighted by Crippen LogP contribution is -2.19. The molecule has 172 valence electrons. The molecule has 5 aromatic rings. The topological polar surface area (TPSA) is 47.8 Å². The van der Waals surface area contributed by atoms with Gasteiger partial charge in [-0.2, -0.15) is 13.2 Å². The molecule has 4 nitrogen and oxygen atoms in total. The molecular formula is C27H15F4N3O. The number of pyridine rings is 3. The van der Waals surface area contributed by atoms with Gasteiger partial charge in [-0.05, 0) is 53.6 Å². The zero-order chi connectivity index (χ0) is 24.3. The third-order valence-corrected chi connectivity index (χ3v) is 6.18. The van der Waals surface area contributed by atoms with Gasteiger partial charge in [0.05, 0.1) is 28.0 Å². The first kappa shape index (κ1) is 21.2. The molecule has 1 aliphatic rings. The Morgan fingerprint density at radius 3 is 2.57 bits per heavy atom. The number of nitrogens with zero attached hydrogens (tertiary/aromatic N) is 3. The van der Waals surface area contributed by atoms with E-state index in [0.717, 1.165) is 40.9 Å². The Labute approximate surface area is 195 Å². The summed E-state index contributed by atoms with van der Waals surface area (Å²) in [5.41, 5.74) is 2.59. The molecule has 2 aromatic carbocycles. The highest BCUT2D eigenvalue weighted by molar-refractivity contribution is 6.05. The number of benzene rings is 2. The maximum atomic E-state index is 14.0. The molecule has 0 amide bonds. The van der Waals surface area contributed by atoms with Gasteiger partial charge < -0.3 is 0 Å². The molecule has 8 heteroatoms. The van der Waals surface area contributed by atoms with Crippen molar-refractivity contribution in [3.05, 3.63) is 106 Å². The van der Waals surface area contributed by atoms with Crippen molar-refractivity contribution in [3.8, 4) is 16.8 Å². The summed E-state index contributed by atoms with van der Waals surface area (Å²) in [6.45, 7) is 0. The van der Waals surface area contributed by atoms with E-state index in [1.165, 1.54) is 10.6 Å². The van der Waals surface area contributed by atoms with Crippen LogP contribution in [-0.2, 0) is 12.6 Å². The number of aromatic nitrogens is 3. The number of fused-ring (bicyclic) bond motifs is 4. The predicted molar refractivity (Wildman–Crippen MR) is 126 cm³/mol. The SMILES string of the molecule is O=c1ccc2cnc3ccc(-c4cnc5c(c4)C=CC5)cc3c2n1-c1ccc(F)c(C(F)(F)F)c1. The van der Waals surface area contributed by atoms with Gasteiger partial charge in [0.2, 0.25) is 0 Å². The fourth-order valence-electron chi connectivity index (χ4n) is 4.50. The van der Waals surface area contributed by atoms with Gasteiger partial charge in [-0.1, -0.05) is 18.2 Å². The van der Waals surface area contributed by atoms with E-state index in [1.807, 2.05) is 30.4 Å². The molecule has 0 unspecified atom stereocenters. The predicted octanol–water partition coefficient (Wildman–Crippen LogP) is 6.33. The van der Waals surface area contributed by atoms with Crippen LogP contribution in [0.1, 0.15) is 16.8 Å². The minimum atomic E-state index is -4.90. The first-order chi connectivity index (χ1) is 16.8. The Hall–Kier alpha value is -4.33. The average molecular weight is 473 g/mol. The van der Waals surface area contributed by atoms with Crippen molar-refractivity contribution in [2.24, 2.45) is 0 Å². The first-order valence-electron chi connectivity index (χ1n) is 10.8. The monoisotopic (exact) mass is 473 g/mol. The van der Waals surface area contributed by atoms with Gasteiger partial charge in [-0.15, -0.1) is 0 Å². The van der Waals surface area contributed by atoms with Crippen molar-refractivity contribution >= 4 is 27.9 Å². The zero-order valence-electron chi connectivity index (χ0n) is 18.0. The second-order valence-electron chi connectivity index (χ2n) is 8.33. The third kappa shape index (κ3) is 3.49. The highest BCUT2D eigenvalue weighted by Crippen LogP contribution is 2.34. The molecule has 0 bridgehead atoms. The molecule has 0 spiro atoms. The molecule has 35 heavy (non-hydrogen) atoms. The van der Waals surface area contributed by atoms with Gasteiger partial charge in [-0.25, -0.2) is 4.39 Å². The summed E-state index contributed by atoms with van der Waals surface area (Å²) in [5.74, 6) is -1.40. The number of rotatable bonds is 2. The smallest absolute Gasteiger partial charge is 0.276 e. The molecule has 0 fully saturated rings. The molecule has 6 rings (SSSR count). The normalized spacial score (nSPS) is 13.0. The van der Waals surface area contributed by atoms with E-state index in [0.29, 0.717) is 27.9 Å². The number of halogens is 4. The van der Waals surface area contributed by atoms with Crippen LogP contribution in [0.2, 0.25) is 0 Å². The number of hydrogen-bond acceptors (Lipinski definition) is 3. The fraction of sp³-hybridized carbons (Fsp3) is 0.0741. The Morgan fingerprint density at radius 2 is 1.74 bits per heavy atom. The first-order valence-corrected chi connectivity index (χ1v) is 10.8. The van der Waals surface area contributed by atoms with E-state index in [1.54, 1.807) is 24.5 Å². The lowest BCUT2D eigenvalue weighted by atomic mass is 10.0.